The Kier molecular flexibility index (Phi) is 9.96. The van der Waals surface area contributed by atoms with Crippen LogP contribution in [0.2, 0.25) is 0 Å². The molecule has 1 amide bonds. The first kappa shape index (κ1) is 30.3. The van der Waals surface area contributed by atoms with Crippen molar-refractivity contribution in [1.82, 2.24) is 16.0 Å². The molecule has 0 spiro atoms. The van der Waals surface area contributed by atoms with Crippen LogP contribution in [0.3, 0.4) is 0 Å². The number of hydrogen-bond acceptors (Lipinski definition) is 3. The molecule has 0 heterocycles. The highest BCUT2D eigenvalue weighted by atomic mass is 16.1. The van der Waals surface area contributed by atoms with Gasteiger partial charge in [-0.15, -0.1) is 0 Å². The van der Waals surface area contributed by atoms with Crippen molar-refractivity contribution in [3.63, 3.8) is 0 Å². The SMILES string of the molecule is CNC[C@H](Cc1ccc2ccccc2c1)NC[C@@H](Cc1cccc2ccccc12)NC(=O)Cc1ccc(-c2ccccc2)cc1. The highest BCUT2D eigenvalue weighted by Crippen LogP contribution is 2.22. The summed E-state index contributed by atoms with van der Waals surface area (Å²) < 4.78 is 0. The standard InChI is InChI=1S/C41H41N3O/c1-42-28-38(25-31-20-23-33-12-5-6-14-36(33)24-31)43-29-39(27-37-16-9-15-35-13-7-8-17-40(35)37)44-41(45)26-30-18-21-34(22-19-30)32-10-3-2-4-11-32/h2-24,38-39,42-43H,25-29H2,1H3,(H,44,45)/t38-,39+/m0/s1. The van der Waals surface area contributed by atoms with Gasteiger partial charge in [0.15, 0.2) is 0 Å². The van der Waals surface area contributed by atoms with Gasteiger partial charge in [-0.3, -0.25) is 4.79 Å². The number of carbonyl (C=O) groups is 1. The minimum atomic E-state index is -0.0668. The molecule has 0 saturated carbocycles. The number of rotatable bonds is 13. The van der Waals surface area contributed by atoms with Crippen molar-refractivity contribution in [2.45, 2.75) is 31.3 Å². The Balaban J connectivity index is 1.17. The van der Waals surface area contributed by atoms with Crippen LogP contribution in [-0.2, 0) is 24.1 Å². The average Bonchev–Trinajstić information content (AvgIpc) is 3.08. The molecule has 4 heteroatoms. The molecule has 0 unspecified atom stereocenters. The molecule has 6 aromatic rings. The summed E-state index contributed by atoms with van der Waals surface area (Å²) in [6.07, 6.45) is 1.99. The molecule has 0 aliphatic rings. The van der Waals surface area contributed by atoms with Crippen molar-refractivity contribution < 1.29 is 4.79 Å². The van der Waals surface area contributed by atoms with E-state index in [9.17, 15) is 4.79 Å². The Bertz CT molecular complexity index is 1840. The predicted molar refractivity (Wildman–Crippen MR) is 189 cm³/mol. The molecule has 0 aromatic heterocycles. The smallest absolute Gasteiger partial charge is 0.224 e. The highest BCUT2D eigenvalue weighted by molar-refractivity contribution is 5.86. The van der Waals surface area contributed by atoms with Crippen LogP contribution in [-0.4, -0.2) is 38.1 Å². The second kappa shape index (κ2) is 14.8. The van der Waals surface area contributed by atoms with E-state index in [-0.39, 0.29) is 18.0 Å². The Morgan fingerprint density at radius 3 is 2.04 bits per heavy atom. The monoisotopic (exact) mass is 591 g/mol. The van der Waals surface area contributed by atoms with Crippen LogP contribution in [0.15, 0.2) is 140 Å². The minimum Gasteiger partial charge on any atom is -0.351 e. The molecule has 6 aromatic carbocycles. The van der Waals surface area contributed by atoms with Gasteiger partial charge in [0, 0.05) is 25.2 Å². The summed E-state index contributed by atoms with van der Waals surface area (Å²) in [7, 11) is 1.99. The lowest BCUT2D eigenvalue weighted by Gasteiger charge is -2.25. The molecule has 0 radical (unpaired) electrons. The molecule has 0 aliphatic heterocycles. The lowest BCUT2D eigenvalue weighted by molar-refractivity contribution is -0.121. The predicted octanol–water partition coefficient (Wildman–Crippen LogP) is 7.35. The fourth-order valence-corrected chi connectivity index (χ4v) is 6.24. The van der Waals surface area contributed by atoms with Crippen molar-refractivity contribution >= 4 is 27.5 Å². The highest BCUT2D eigenvalue weighted by Gasteiger charge is 2.18. The molecule has 0 saturated heterocycles. The van der Waals surface area contributed by atoms with Crippen molar-refractivity contribution in [1.29, 1.82) is 0 Å². The molecule has 3 N–H and O–H groups in total. The lowest BCUT2D eigenvalue weighted by atomic mass is 9.97. The van der Waals surface area contributed by atoms with Crippen molar-refractivity contribution in [2.75, 3.05) is 20.1 Å². The van der Waals surface area contributed by atoms with E-state index in [4.69, 9.17) is 0 Å². The van der Waals surface area contributed by atoms with E-state index in [0.29, 0.717) is 13.0 Å². The van der Waals surface area contributed by atoms with Gasteiger partial charge in [-0.1, -0.05) is 140 Å². The number of likely N-dealkylation sites (N-methyl/N-ethyl adjacent to an activating group) is 1. The van der Waals surface area contributed by atoms with Crippen LogP contribution in [0.4, 0.5) is 0 Å². The summed E-state index contributed by atoms with van der Waals surface area (Å²) in [6, 6.07) is 48.9. The first-order chi connectivity index (χ1) is 22.1. The summed E-state index contributed by atoms with van der Waals surface area (Å²) in [5.74, 6) is 0.0363. The van der Waals surface area contributed by atoms with Gasteiger partial charge in [0.2, 0.25) is 5.91 Å². The zero-order valence-corrected chi connectivity index (χ0v) is 25.9. The van der Waals surface area contributed by atoms with Gasteiger partial charge in [0.05, 0.1) is 6.42 Å². The van der Waals surface area contributed by atoms with Crippen molar-refractivity contribution in [3.8, 4) is 11.1 Å². The van der Waals surface area contributed by atoms with E-state index < -0.39 is 0 Å². The van der Waals surface area contributed by atoms with Crippen molar-refractivity contribution in [3.05, 3.63) is 156 Å². The fraction of sp³-hybridized carbons (Fsp3) is 0.195. The Labute approximate surface area is 266 Å². The second-order valence-corrected chi connectivity index (χ2v) is 11.9. The number of amides is 1. The average molecular weight is 592 g/mol. The zero-order valence-electron chi connectivity index (χ0n) is 25.9. The molecule has 0 fully saturated rings. The normalized spacial score (nSPS) is 12.6. The maximum atomic E-state index is 13.5. The first-order valence-corrected chi connectivity index (χ1v) is 15.9. The van der Waals surface area contributed by atoms with Crippen LogP contribution in [0.1, 0.15) is 16.7 Å². The van der Waals surface area contributed by atoms with Gasteiger partial charge in [-0.2, -0.15) is 0 Å². The Morgan fingerprint density at radius 2 is 1.24 bits per heavy atom. The van der Waals surface area contributed by atoms with E-state index in [1.54, 1.807) is 0 Å². The number of carbonyl (C=O) groups excluding carboxylic acids is 1. The van der Waals surface area contributed by atoms with Gasteiger partial charge in [-0.25, -0.2) is 0 Å². The lowest BCUT2D eigenvalue weighted by Crippen LogP contribution is -2.49. The number of fused-ring (bicyclic) bond motifs is 2. The Morgan fingerprint density at radius 1 is 0.578 bits per heavy atom. The maximum Gasteiger partial charge on any atom is 0.224 e. The van der Waals surface area contributed by atoms with Gasteiger partial charge in [0.25, 0.3) is 0 Å². The summed E-state index contributed by atoms with van der Waals surface area (Å²) in [5, 5.41) is 15.5. The second-order valence-electron chi connectivity index (χ2n) is 11.9. The van der Waals surface area contributed by atoms with E-state index in [0.717, 1.165) is 30.5 Å². The molecule has 4 nitrogen and oxygen atoms in total. The summed E-state index contributed by atoms with van der Waals surface area (Å²) in [6.45, 7) is 1.50. The maximum absolute atomic E-state index is 13.5. The quantitative estimate of drug-likeness (QED) is 0.132. The van der Waals surface area contributed by atoms with Crippen LogP contribution in [0.25, 0.3) is 32.7 Å². The third-order valence-electron chi connectivity index (χ3n) is 8.54. The van der Waals surface area contributed by atoms with Gasteiger partial charge < -0.3 is 16.0 Å². The van der Waals surface area contributed by atoms with Crippen LogP contribution < -0.4 is 16.0 Å². The molecule has 2 atom stereocenters. The molecule has 0 aliphatic carbocycles. The van der Waals surface area contributed by atoms with Crippen LogP contribution in [0.5, 0.6) is 0 Å². The van der Waals surface area contributed by atoms with Crippen LogP contribution in [0, 0.1) is 0 Å². The molecule has 226 valence electrons. The minimum absolute atomic E-state index is 0.0363. The summed E-state index contributed by atoms with van der Waals surface area (Å²) >= 11 is 0. The van der Waals surface area contributed by atoms with E-state index >= 15 is 0 Å². The molecule has 0 bridgehead atoms. The number of benzene rings is 6. The van der Waals surface area contributed by atoms with Gasteiger partial charge >= 0.3 is 0 Å². The van der Waals surface area contributed by atoms with E-state index in [1.807, 2.05) is 25.2 Å². The topological polar surface area (TPSA) is 53.2 Å². The third kappa shape index (κ3) is 8.04. The molecule has 45 heavy (non-hydrogen) atoms. The first-order valence-electron chi connectivity index (χ1n) is 15.9. The Hall–Kier alpha value is -4.77. The van der Waals surface area contributed by atoms with Crippen LogP contribution >= 0.6 is 0 Å². The van der Waals surface area contributed by atoms with E-state index in [2.05, 4.69) is 137 Å². The fourth-order valence-electron chi connectivity index (χ4n) is 6.24. The summed E-state index contributed by atoms with van der Waals surface area (Å²) in [4.78, 5) is 13.5. The largest absolute Gasteiger partial charge is 0.351 e. The number of hydrogen-bond donors (Lipinski definition) is 3. The number of nitrogens with one attached hydrogen (secondary N) is 3. The molecular formula is C41H41N3O. The molecule has 6 rings (SSSR count). The van der Waals surface area contributed by atoms with Gasteiger partial charge in [0.1, 0.15) is 0 Å². The van der Waals surface area contributed by atoms with Gasteiger partial charge in [-0.05, 0) is 69.3 Å². The summed E-state index contributed by atoms with van der Waals surface area (Å²) in [5.41, 5.74) is 5.88. The third-order valence-corrected chi connectivity index (χ3v) is 8.54. The zero-order chi connectivity index (χ0) is 30.8. The van der Waals surface area contributed by atoms with E-state index in [1.165, 1.54) is 38.2 Å². The molecular weight excluding hydrogens is 550 g/mol. The van der Waals surface area contributed by atoms with Crippen molar-refractivity contribution in [2.24, 2.45) is 0 Å².